The van der Waals surface area contributed by atoms with Crippen molar-refractivity contribution in [2.24, 2.45) is 0 Å². The fourth-order valence-corrected chi connectivity index (χ4v) is 3.68. The molecule has 2 aliphatic rings. The summed E-state index contributed by atoms with van der Waals surface area (Å²) in [6, 6.07) is 1.46. The topological polar surface area (TPSA) is 24.5 Å². The Balaban J connectivity index is 1.90. The molecule has 3 heteroatoms. The monoisotopic (exact) mass is 254 g/mol. The number of ether oxygens (including phenoxy) is 1. The lowest BCUT2D eigenvalue weighted by molar-refractivity contribution is 0.0171. The van der Waals surface area contributed by atoms with Crippen LogP contribution in [0.2, 0.25) is 0 Å². The fraction of sp³-hybridized carbons (Fsp3) is 1.00. The normalized spacial score (nSPS) is 33.0. The molecule has 1 N–H and O–H groups in total. The van der Waals surface area contributed by atoms with E-state index in [0.717, 1.165) is 6.04 Å². The molecular weight excluding hydrogens is 224 g/mol. The van der Waals surface area contributed by atoms with E-state index >= 15 is 0 Å². The summed E-state index contributed by atoms with van der Waals surface area (Å²) in [5, 5.41) is 3.57. The van der Waals surface area contributed by atoms with Crippen LogP contribution in [0.3, 0.4) is 0 Å². The molecule has 18 heavy (non-hydrogen) atoms. The minimum atomic E-state index is 0.503. The molecule has 0 radical (unpaired) electrons. The first-order chi connectivity index (χ1) is 8.85. The summed E-state index contributed by atoms with van der Waals surface area (Å²) in [4.78, 5) is 2.72. The molecule has 2 atom stereocenters. The number of likely N-dealkylation sites (tertiary alicyclic amines) is 1. The van der Waals surface area contributed by atoms with Gasteiger partial charge in [0.15, 0.2) is 0 Å². The second-order valence-corrected chi connectivity index (χ2v) is 5.93. The van der Waals surface area contributed by atoms with E-state index in [1.807, 2.05) is 7.11 Å². The maximum Gasteiger partial charge on any atom is 0.0595 e. The van der Waals surface area contributed by atoms with E-state index in [4.69, 9.17) is 4.74 Å². The minimum absolute atomic E-state index is 0.503. The molecule has 1 saturated carbocycles. The molecule has 1 aliphatic carbocycles. The molecule has 106 valence electrons. The highest BCUT2D eigenvalue weighted by Gasteiger charge is 2.30. The van der Waals surface area contributed by atoms with Crippen molar-refractivity contribution in [3.05, 3.63) is 0 Å². The Kier molecular flexibility index (Phi) is 5.93. The van der Waals surface area contributed by atoms with Crippen LogP contribution in [0.15, 0.2) is 0 Å². The predicted octanol–water partition coefficient (Wildman–Crippen LogP) is 2.41. The van der Waals surface area contributed by atoms with Gasteiger partial charge in [-0.2, -0.15) is 0 Å². The molecule has 1 heterocycles. The highest BCUT2D eigenvalue weighted by Crippen LogP contribution is 2.25. The van der Waals surface area contributed by atoms with Crippen LogP contribution in [-0.2, 0) is 4.74 Å². The SMILES string of the molecule is CNC1CCCCCCC1N1CCC(OC)CC1. The maximum absolute atomic E-state index is 5.48. The first-order valence-electron chi connectivity index (χ1n) is 7.79. The number of hydrogen-bond donors (Lipinski definition) is 1. The Morgan fingerprint density at radius 3 is 2.22 bits per heavy atom. The number of methoxy groups -OCH3 is 1. The molecule has 3 nitrogen and oxygen atoms in total. The maximum atomic E-state index is 5.48. The van der Waals surface area contributed by atoms with E-state index in [1.165, 1.54) is 64.5 Å². The lowest BCUT2D eigenvalue weighted by Gasteiger charge is -2.41. The predicted molar refractivity (Wildman–Crippen MR) is 75.9 cm³/mol. The van der Waals surface area contributed by atoms with Gasteiger partial charge in [0.05, 0.1) is 6.10 Å². The first-order valence-corrected chi connectivity index (χ1v) is 7.79. The van der Waals surface area contributed by atoms with Crippen LogP contribution in [0, 0.1) is 0 Å². The van der Waals surface area contributed by atoms with Crippen molar-refractivity contribution in [2.45, 2.75) is 69.6 Å². The van der Waals surface area contributed by atoms with E-state index in [2.05, 4.69) is 17.3 Å². The van der Waals surface area contributed by atoms with E-state index in [-0.39, 0.29) is 0 Å². The molecule has 0 aromatic carbocycles. The zero-order valence-corrected chi connectivity index (χ0v) is 12.2. The first kappa shape index (κ1) is 14.3. The van der Waals surface area contributed by atoms with Gasteiger partial charge in [0.1, 0.15) is 0 Å². The van der Waals surface area contributed by atoms with Gasteiger partial charge in [-0.3, -0.25) is 4.90 Å². The van der Waals surface area contributed by atoms with E-state index in [1.54, 1.807) is 0 Å². The molecule has 1 saturated heterocycles. The van der Waals surface area contributed by atoms with Crippen LogP contribution >= 0.6 is 0 Å². The van der Waals surface area contributed by atoms with Crippen molar-refractivity contribution in [2.75, 3.05) is 27.2 Å². The summed E-state index contributed by atoms with van der Waals surface area (Å²) in [7, 11) is 3.99. The standard InChI is InChI=1S/C15H30N2O/c1-16-14-7-5-3-4-6-8-15(14)17-11-9-13(18-2)10-12-17/h13-16H,3-12H2,1-2H3. The van der Waals surface area contributed by atoms with Crippen LogP contribution < -0.4 is 5.32 Å². The molecule has 1 aliphatic heterocycles. The van der Waals surface area contributed by atoms with Crippen molar-refractivity contribution in [1.29, 1.82) is 0 Å². The third kappa shape index (κ3) is 3.69. The number of rotatable bonds is 3. The highest BCUT2D eigenvalue weighted by molar-refractivity contribution is 4.88. The summed E-state index contributed by atoms with van der Waals surface area (Å²) in [5.74, 6) is 0. The van der Waals surface area contributed by atoms with Gasteiger partial charge in [-0.15, -0.1) is 0 Å². The molecule has 0 spiro atoms. The Morgan fingerprint density at radius 1 is 0.944 bits per heavy atom. The zero-order valence-electron chi connectivity index (χ0n) is 12.2. The summed E-state index contributed by atoms with van der Waals surface area (Å²) in [5.41, 5.74) is 0. The van der Waals surface area contributed by atoms with Gasteiger partial charge in [-0.25, -0.2) is 0 Å². The smallest absolute Gasteiger partial charge is 0.0595 e. The van der Waals surface area contributed by atoms with Gasteiger partial charge in [-0.05, 0) is 32.7 Å². The van der Waals surface area contributed by atoms with Crippen molar-refractivity contribution in [1.82, 2.24) is 10.2 Å². The quantitative estimate of drug-likeness (QED) is 0.837. The van der Waals surface area contributed by atoms with Gasteiger partial charge >= 0.3 is 0 Å². The Morgan fingerprint density at radius 2 is 1.61 bits per heavy atom. The van der Waals surface area contributed by atoms with Crippen molar-refractivity contribution in [3.8, 4) is 0 Å². The molecular formula is C15H30N2O. The Bertz CT molecular complexity index is 227. The number of hydrogen-bond acceptors (Lipinski definition) is 3. The molecule has 0 aromatic rings. The summed E-state index contributed by atoms with van der Waals surface area (Å²) < 4.78 is 5.48. The summed E-state index contributed by atoms with van der Waals surface area (Å²) in [6.45, 7) is 2.45. The highest BCUT2D eigenvalue weighted by atomic mass is 16.5. The molecule has 0 aromatic heterocycles. The van der Waals surface area contributed by atoms with Gasteiger partial charge in [0.2, 0.25) is 0 Å². The number of nitrogens with one attached hydrogen (secondary N) is 1. The molecule has 0 bridgehead atoms. The molecule has 2 fully saturated rings. The number of likely N-dealkylation sites (N-methyl/N-ethyl adjacent to an activating group) is 1. The van der Waals surface area contributed by atoms with E-state index < -0.39 is 0 Å². The lowest BCUT2D eigenvalue weighted by atomic mass is 9.90. The van der Waals surface area contributed by atoms with Crippen molar-refractivity contribution in [3.63, 3.8) is 0 Å². The Labute approximate surface area is 112 Å². The van der Waals surface area contributed by atoms with Gasteiger partial charge < -0.3 is 10.1 Å². The van der Waals surface area contributed by atoms with E-state index in [9.17, 15) is 0 Å². The third-order valence-corrected chi connectivity index (χ3v) is 4.88. The van der Waals surface area contributed by atoms with E-state index in [0.29, 0.717) is 12.1 Å². The van der Waals surface area contributed by atoms with Crippen molar-refractivity contribution >= 4 is 0 Å². The molecule has 2 unspecified atom stereocenters. The number of nitrogens with zero attached hydrogens (tertiary/aromatic N) is 1. The van der Waals surface area contributed by atoms with Crippen LogP contribution in [0.4, 0.5) is 0 Å². The lowest BCUT2D eigenvalue weighted by Crippen LogP contribution is -2.52. The molecule has 0 amide bonds. The van der Waals surface area contributed by atoms with Crippen LogP contribution in [0.1, 0.15) is 51.4 Å². The Hall–Kier alpha value is -0.120. The molecule has 2 rings (SSSR count). The van der Waals surface area contributed by atoms with Crippen LogP contribution in [-0.4, -0.2) is 50.3 Å². The van der Waals surface area contributed by atoms with Crippen molar-refractivity contribution < 1.29 is 4.74 Å². The van der Waals surface area contributed by atoms with Gasteiger partial charge in [0.25, 0.3) is 0 Å². The second-order valence-electron chi connectivity index (χ2n) is 5.93. The average Bonchev–Trinajstić information content (AvgIpc) is 2.39. The number of piperidine rings is 1. The van der Waals surface area contributed by atoms with Crippen LogP contribution in [0.5, 0.6) is 0 Å². The summed E-state index contributed by atoms with van der Waals surface area (Å²) in [6.07, 6.45) is 11.3. The average molecular weight is 254 g/mol. The van der Waals surface area contributed by atoms with Crippen LogP contribution in [0.25, 0.3) is 0 Å². The zero-order chi connectivity index (χ0) is 12.8. The minimum Gasteiger partial charge on any atom is -0.381 e. The fourth-order valence-electron chi connectivity index (χ4n) is 3.68. The third-order valence-electron chi connectivity index (χ3n) is 4.88. The largest absolute Gasteiger partial charge is 0.381 e. The second kappa shape index (κ2) is 7.46. The van der Waals surface area contributed by atoms with Gasteiger partial charge in [-0.1, -0.05) is 25.7 Å². The summed E-state index contributed by atoms with van der Waals surface area (Å²) >= 11 is 0. The van der Waals surface area contributed by atoms with Gasteiger partial charge in [0, 0.05) is 32.3 Å².